The number of nitrogens with zero attached hydrogens (tertiary/aromatic N) is 2. The first kappa shape index (κ1) is 14.7. The molecule has 0 unspecified atom stereocenters. The van der Waals surface area contributed by atoms with Crippen LogP contribution in [-0.4, -0.2) is 34.1 Å². The largest absolute Gasteiger partial charge is 0.393 e. The maximum absolute atomic E-state index is 10.9. The molecule has 0 amide bonds. The zero-order valence-corrected chi connectivity index (χ0v) is 11.7. The number of rotatable bonds is 5. The molecule has 0 bridgehead atoms. The lowest BCUT2D eigenvalue weighted by molar-refractivity contribution is -0.384. The van der Waals surface area contributed by atoms with E-state index in [1.165, 1.54) is 6.07 Å². The first-order valence-electron chi connectivity index (χ1n) is 6.83. The molecule has 0 atom stereocenters. The average molecular weight is 279 g/mol. The van der Waals surface area contributed by atoms with Crippen LogP contribution in [0.1, 0.15) is 31.2 Å². The summed E-state index contributed by atoms with van der Waals surface area (Å²) in [5.41, 5.74) is 5.92. The first-order valence-corrected chi connectivity index (χ1v) is 6.83. The van der Waals surface area contributed by atoms with E-state index < -0.39 is 10.5 Å². The van der Waals surface area contributed by atoms with Crippen LogP contribution in [-0.2, 0) is 6.54 Å². The molecule has 20 heavy (non-hydrogen) atoms. The second-order valence-corrected chi connectivity index (χ2v) is 5.75. The van der Waals surface area contributed by atoms with Crippen LogP contribution in [0.25, 0.3) is 0 Å². The highest BCUT2D eigenvalue weighted by atomic mass is 16.6. The van der Waals surface area contributed by atoms with E-state index in [0.29, 0.717) is 13.1 Å². The minimum absolute atomic E-state index is 0.0597. The number of hydrogen-bond donors (Lipinski definition) is 2. The van der Waals surface area contributed by atoms with Gasteiger partial charge in [-0.15, -0.1) is 0 Å². The van der Waals surface area contributed by atoms with Gasteiger partial charge in [0.2, 0.25) is 0 Å². The summed E-state index contributed by atoms with van der Waals surface area (Å²) >= 11 is 0. The van der Waals surface area contributed by atoms with Gasteiger partial charge < -0.3 is 10.8 Å². The van der Waals surface area contributed by atoms with Gasteiger partial charge >= 0.3 is 0 Å². The van der Waals surface area contributed by atoms with Gasteiger partial charge in [-0.05, 0) is 31.5 Å². The van der Waals surface area contributed by atoms with Crippen molar-refractivity contribution >= 4 is 11.4 Å². The highest BCUT2D eigenvalue weighted by Crippen LogP contribution is 2.30. The summed E-state index contributed by atoms with van der Waals surface area (Å²) in [5.74, 6) is 0. The number of likely N-dealkylation sites (N-methyl/N-ethyl adjacent to an activating group) is 1. The zero-order chi connectivity index (χ0) is 14.8. The molecule has 0 aliphatic heterocycles. The molecule has 1 aromatic carbocycles. The molecule has 0 aromatic heterocycles. The van der Waals surface area contributed by atoms with Crippen LogP contribution in [0.5, 0.6) is 0 Å². The number of nitro groups is 1. The van der Waals surface area contributed by atoms with Crippen molar-refractivity contribution in [1.29, 1.82) is 0 Å². The van der Waals surface area contributed by atoms with Crippen molar-refractivity contribution in [2.24, 2.45) is 0 Å². The molecule has 1 aromatic rings. The Morgan fingerprint density at radius 1 is 1.45 bits per heavy atom. The fourth-order valence-corrected chi connectivity index (χ4v) is 2.91. The van der Waals surface area contributed by atoms with Crippen LogP contribution < -0.4 is 5.73 Å². The molecule has 6 heteroatoms. The standard InChI is InChI=1S/C14H21N3O3/c1-16(10-14(18)6-2-3-7-14)9-11-4-5-12(15)13(8-11)17(19)20/h4-5,8,18H,2-3,6-7,9-10,15H2,1H3. The number of anilines is 1. The van der Waals surface area contributed by atoms with E-state index >= 15 is 0 Å². The molecule has 110 valence electrons. The number of nitro benzene ring substituents is 1. The number of nitrogen functional groups attached to an aromatic ring is 1. The molecular weight excluding hydrogens is 258 g/mol. The van der Waals surface area contributed by atoms with E-state index in [1.807, 2.05) is 11.9 Å². The Bertz CT molecular complexity index is 498. The maximum Gasteiger partial charge on any atom is 0.292 e. The molecule has 1 aliphatic rings. The Hall–Kier alpha value is -1.66. The van der Waals surface area contributed by atoms with Gasteiger partial charge in [0.15, 0.2) is 0 Å². The Labute approximate surface area is 118 Å². The highest BCUT2D eigenvalue weighted by Gasteiger charge is 2.32. The quantitative estimate of drug-likeness (QED) is 0.488. The van der Waals surface area contributed by atoms with Gasteiger partial charge in [-0.1, -0.05) is 18.9 Å². The topological polar surface area (TPSA) is 92.6 Å². The molecule has 2 rings (SSSR count). The van der Waals surface area contributed by atoms with Crippen molar-refractivity contribution in [2.45, 2.75) is 37.8 Å². The summed E-state index contributed by atoms with van der Waals surface area (Å²) in [5, 5.41) is 21.2. The van der Waals surface area contributed by atoms with E-state index in [1.54, 1.807) is 12.1 Å². The van der Waals surface area contributed by atoms with Gasteiger partial charge in [0.25, 0.3) is 5.69 Å². The lowest BCUT2D eigenvalue weighted by Gasteiger charge is -2.28. The number of hydrogen-bond acceptors (Lipinski definition) is 5. The van der Waals surface area contributed by atoms with Crippen molar-refractivity contribution in [1.82, 2.24) is 4.90 Å². The third-order valence-electron chi connectivity index (χ3n) is 3.84. The lowest BCUT2D eigenvalue weighted by Crippen LogP contribution is -2.38. The van der Waals surface area contributed by atoms with Crippen molar-refractivity contribution < 1.29 is 10.0 Å². The molecule has 3 N–H and O–H groups in total. The van der Waals surface area contributed by atoms with Crippen LogP contribution in [0, 0.1) is 10.1 Å². The third-order valence-corrected chi connectivity index (χ3v) is 3.84. The van der Waals surface area contributed by atoms with Crippen LogP contribution in [0.3, 0.4) is 0 Å². The Morgan fingerprint density at radius 3 is 2.70 bits per heavy atom. The maximum atomic E-state index is 10.9. The number of nitrogens with two attached hydrogens (primary N) is 1. The summed E-state index contributed by atoms with van der Waals surface area (Å²) < 4.78 is 0. The molecule has 6 nitrogen and oxygen atoms in total. The highest BCUT2D eigenvalue weighted by molar-refractivity contribution is 5.59. The summed E-state index contributed by atoms with van der Waals surface area (Å²) in [6.07, 6.45) is 3.80. The van der Waals surface area contributed by atoms with Crippen LogP contribution in [0.15, 0.2) is 18.2 Å². The van der Waals surface area contributed by atoms with E-state index in [-0.39, 0.29) is 11.4 Å². The average Bonchev–Trinajstić information content (AvgIpc) is 2.77. The van der Waals surface area contributed by atoms with Gasteiger partial charge in [-0.3, -0.25) is 15.0 Å². The van der Waals surface area contributed by atoms with E-state index in [4.69, 9.17) is 5.73 Å². The van der Waals surface area contributed by atoms with Gasteiger partial charge in [0, 0.05) is 19.2 Å². The monoisotopic (exact) mass is 279 g/mol. The fourth-order valence-electron chi connectivity index (χ4n) is 2.91. The van der Waals surface area contributed by atoms with Crippen molar-refractivity contribution in [3.05, 3.63) is 33.9 Å². The predicted octanol–water partition coefficient (Wildman–Crippen LogP) is 1.91. The fraction of sp³-hybridized carbons (Fsp3) is 0.571. The SMILES string of the molecule is CN(Cc1ccc(N)c([N+](=O)[O-])c1)CC1(O)CCCC1. The molecule has 0 radical (unpaired) electrons. The van der Waals surface area contributed by atoms with E-state index in [0.717, 1.165) is 31.2 Å². The summed E-state index contributed by atoms with van der Waals surface area (Å²) in [4.78, 5) is 12.4. The number of benzene rings is 1. The molecule has 1 aliphatic carbocycles. The van der Waals surface area contributed by atoms with Gasteiger partial charge in [0.1, 0.15) is 5.69 Å². The first-order chi connectivity index (χ1) is 9.39. The van der Waals surface area contributed by atoms with Gasteiger partial charge in [-0.25, -0.2) is 0 Å². The lowest BCUT2D eigenvalue weighted by atomic mass is 10.0. The van der Waals surface area contributed by atoms with Gasteiger partial charge in [0.05, 0.1) is 10.5 Å². The Balaban J connectivity index is 2.02. The summed E-state index contributed by atoms with van der Waals surface area (Å²) in [6.45, 7) is 1.15. The predicted molar refractivity (Wildman–Crippen MR) is 77.3 cm³/mol. The summed E-state index contributed by atoms with van der Waals surface area (Å²) in [7, 11) is 1.92. The smallest absolute Gasteiger partial charge is 0.292 e. The van der Waals surface area contributed by atoms with Crippen molar-refractivity contribution in [3.8, 4) is 0 Å². The molecule has 1 fully saturated rings. The number of aliphatic hydroxyl groups is 1. The Morgan fingerprint density at radius 2 is 2.10 bits per heavy atom. The summed E-state index contributed by atoms with van der Waals surface area (Å²) in [6, 6.07) is 4.85. The second kappa shape index (κ2) is 5.76. The minimum Gasteiger partial charge on any atom is -0.393 e. The third kappa shape index (κ3) is 3.46. The van der Waals surface area contributed by atoms with Gasteiger partial charge in [-0.2, -0.15) is 0 Å². The van der Waals surface area contributed by atoms with Crippen molar-refractivity contribution in [2.75, 3.05) is 19.3 Å². The van der Waals surface area contributed by atoms with E-state index in [9.17, 15) is 15.2 Å². The van der Waals surface area contributed by atoms with Crippen molar-refractivity contribution in [3.63, 3.8) is 0 Å². The van der Waals surface area contributed by atoms with Crippen LogP contribution in [0.4, 0.5) is 11.4 Å². The second-order valence-electron chi connectivity index (χ2n) is 5.75. The normalized spacial score (nSPS) is 17.6. The molecular formula is C14H21N3O3. The molecule has 0 saturated heterocycles. The Kier molecular flexibility index (Phi) is 4.25. The molecule has 1 saturated carbocycles. The molecule has 0 heterocycles. The van der Waals surface area contributed by atoms with Crippen LogP contribution >= 0.6 is 0 Å². The van der Waals surface area contributed by atoms with Crippen LogP contribution in [0.2, 0.25) is 0 Å². The minimum atomic E-state index is -0.603. The zero-order valence-electron chi connectivity index (χ0n) is 11.7. The molecule has 0 spiro atoms. The van der Waals surface area contributed by atoms with E-state index in [2.05, 4.69) is 0 Å².